The molecule has 3 rings (SSSR count). The molecule has 1 unspecified atom stereocenters. The van der Waals surface area contributed by atoms with Crippen molar-refractivity contribution >= 4 is 17.2 Å². The molecule has 1 aromatic carbocycles. The lowest BCUT2D eigenvalue weighted by atomic mass is 10.1. The summed E-state index contributed by atoms with van der Waals surface area (Å²) in [5.74, 6) is 0.00483. The number of benzene rings is 1. The van der Waals surface area contributed by atoms with E-state index in [1.54, 1.807) is 11.3 Å². The molecule has 5 nitrogen and oxygen atoms in total. The summed E-state index contributed by atoms with van der Waals surface area (Å²) < 4.78 is 11.1. The van der Waals surface area contributed by atoms with Crippen LogP contribution in [0.15, 0.2) is 29.6 Å². The van der Waals surface area contributed by atoms with Gasteiger partial charge in [0.1, 0.15) is 5.01 Å². The summed E-state index contributed by atoms with van der Waals surface area (Å²) in [4.78, 5) is 16.6. The molecule has 2 aromatic rings. The van der Waals surface area contributed by atoms with Crippen molar-refractivity contribution in [2.45, 2.75) is 38.7 Å². The van der Waals surface area contributed by atoms with E-state index in [9.17, 15) is 4.79 Å². The highest BCUT2D eigenvalue weighted by Gasteiger charge is 2.15. The molecular weight excluding hydrogens is 348 g/mol. The Kier molecular flexibility index (Phi) is 7.17. The van der Waals surface area contributed by atoms with Crippen LogP contribution in [0.5, 0.6) is 0 Å². The van der Waals surface area contributed by atoms with E-state index < -0.39 is 0 Å². The zero-order chi connectivity index (χ0) is 18.2. The van der Waals surface area contributed by atoms with Gasteiger partial charge < -0.3 is 14.8 Å². The molecule has 1 amide bonds. The third-order valence-corrected chi connectivity index (χ3v) is 5.21. The summed E-state index contributed by atoms with van der Waals surface area (Å²) in [5.41, 5.74) is 3.13. The molecule has 0 saturated carbocycles. The van der Waals surface area contributed by atoms with Gasteiger partial charge in [-0.05, 0) is 32.3 Å². The lowest BCUT2D eigenvalue weighted by Gasteiger charge is -2.10. The summed E-state index contributed by atoms with van der Waals surface area (Å²) in [5, 5.41) is 5.85. The Morgan fingerprint density at radius 1 is 1.46 bits per heavy atom. The fraction of sp³-hybridized carbons (Fsp3) is 0.500. The Morgan fingerprint density at radius 2 is 2.38 bits per heavy atom. The topological polar surface area (TPSA) is 60.5 Å². The van der Waals surface area contributed by atoms with Gasteiger partial charge in [-0.15, -0.1) is 11.3 Å². The van der Waals surface area contributed by atoms with Crippen molar-refractivity contribution in [3.8, 4) is 10.6 Å². The van der Waals surface area contributed by atoms with Crippen molar-refractivity contribution < 1.29 is 14.3 Å². The Morgan fingerprint density at radius 3 is 3.19 bits per heavy atom. The maximum Gasteiger partial charge on any atom is 0.226 e. The number of aryl methyl sites for hydroxylation is 1. The van der Waals surface area contributed by atoms with E-state index in [1.807, 2.05) is 17.5 Å². The number of hydrogen-bond acceptors (Lipinski definition) is 5. The third-order valence-electron chi connectivity index (χ3n) is 4.27. The van der Waals surface area contributed by atoms with E-state index in [2.05, 4.69) is 29.4 Å². The van der Waals surface area contributed by atoms with Gasteiger partial charge in [-0.2, -0.15) is 0 Å². The highest BCUT2D eigenvalue weighted by atomic mass is 32.1. The van der Waals surface area contributed by atoms with Crippen LogP contribution in [0.1, 0.15) is 30.5 Å². The van der Waals surface area contributed by atoms with Crippen molar-refractivity contribution in [3.05, 3.63) is 40.9 Å². The molecule has 2 heterocycles. The van der Waals surface area contributed by atoms with Crippen LogP contribution in [0, 0.1) is 6.92 Å². The molecule has 1 aliphatic heterocycles. The number of rotatable bonds is 9. The molecule has 0 bridgehead atoms. The van der Waals surface area contributed by atoms with Crippen LogP contribution in [-0.2, 0) is 20.7 Å². The van der Waals surface area contributed by atoms with Crippen molar-refractivity contribution in [1.29, 1.82) is 0 Å². The number of nitrogens with one attached hydrogen (secondary N) is 1. The normalized spacial score (nSPS) is 16.7. The maximum atomic E-state index is 12.0. The zero-order valence-electron chi connectivity index (χ0n) is 15.2. The minimum Gasteiger partial charge on any atom is -0.379 e. The minimum absolute atomic E-state index is 0.00483. The number of amides is 1. The first-order chi connectivity index (χ1) is 12.7. The van der Waals surface area contributed by atoms with Crippen molar-refractivity contribution in [3.63, 3.8) is 0 Å². The standard InChI is InChI=1S/C20H26N2O3S/c1-15-5-2-6-16(11-15)20-22-17(14-26-20)12-19(23)21-8-4-9-24-13-18-7-3-10-25-18/h2,5-6,11,14,18H,3-4,7-10,12-13H2,1H3,(H,21,23). The van der Waals surface area contributed by atoms with Crippen LogP contribution in [0.4, 0.5) is 0 Å². The zero-order valence-corrected chi connectivity index (χ0v) is 16.0. The van der Waals surface area contributed by atoms with Gasteiger partial charge in [0.15, 0.2) is 0 Å². The number of thiazole rings is 1. The summed E-state index contributed by atoms with van der Waals surface area (Å²) in [6, 6.07) is 8.25. The highest BCUT2D eigenvalue weighted by Crippen LogP contribution is 2.24. The molecule has 1 N–H and O–H groups in total. The molecule has 140 valence electrons. The maximum absolute atomic E-state index is 12.0. The average molecular weight is 375 g/mol. The van der Waals surface area contributed by atoms with E-state index in [1.165, 1.54) is 5.56 Å². The van der Waals surface area contributed by atoms with Crippen molar-refractivity contribution in [2.24, 2.45) is 0 Å². The van der Waals surface area contributed by atoms with Gasteiger partial charge in [0, 0.05) is 30.7 Å². The first kappa shape index (κ1) is 19.0. The molecule has 0 spiro atoms. The number of nitrogens with zero attached hydrogens (tertiary/aromatic N) is 1. The Labute approximate surface area is 158 Å². The van der Waals surface area contributed by atoms with E-state index in [0.717, 1.165) is 42.1 Å². The summed E-state index contributed by atoms with van der Waals surface area (Å²) >= 11 is 1.58. The lowest BCUT2D eigenvalue weighted by Crippen LogP contribution is -2.27. The quantitative estimate of drug-likeness (QED) is 0.684. The second-order valence-corrected chi connectivity index (χ2v) is 7.46. The fourth-order valence-electron chi connectivity index (χ4n) is 2.92. The Bertz CT molecular complexity index is 711. The number of hydrogen-bond donors (Lipinski definition) is 1. The number of ether oxygens (including phenoxy) is 2. The van der Waals surface area contributed by atoms with Crippen LogP contribution < -0.4 is 5.32 Å². The summed E-state index contributed by atoms with van der Waals surface area (Å²) in [6.07, 6.45) is 3.61. The first-order valence-electron chi connectivity index (χ1n) is 9.18. The van der Waals surface area contributed by atoms with Crippen molar-refractivity contribution in [2.75, 3.05) is 26.4 Å². The second-order valence-electron chi connectivity index (χ2n) is 6.60. The summed E-state index contributed by atoms with van der Waals surface area (Å²) in [7, 11) is 0. The van der Waals surface area contributed by atoms with Gasteiger partial charge in [0.05, 0.1) is 24.8 Å². The van der Waals surface area contributed by atoms with Gasteiger partial charge in [-0.1, -0.05) is 23.8 Å². The monoisotopic (exact) mass is 374 g/mol. The Balaban J connectivity index is 1.33. The second kappa shape index (κ2) is 9.80. The molecule has 0 aliphatic carbocycles. The molecule has 0 radical (unpaired) electrons. The Hall–Kier alpha value is -1.76. The van der Waals surface area contributed by atoms with Crippen LogP contribution >= 0.6 is 11.3 Å². The largest absolute Gasteiger partial charge is 0.379 e. The molecule has 1 saturated heterocycles. The van der Waals surface area contributed by atoms with Gasteiger partial charge in [-0.3, -0.25) is 4.79 Å². The highest BCUT2D eigenvalue weighted by molar-refractivity contribution is 7.13. The van der Waals surface area contributed by atoms with Gasteiger partial charge in [0.2, 0.25) is 5.91 Å². The number of carbonyl (C=O) groups is 1. The average Bonchev–Trinajstić information content (AvgIpc) is 3.30. The molecule has 1 aliphatic rings. The van der Waals surface area contributed by atoms with Gasteiger partial charge >= 0.3 is 0 Å². The van der Waals surface area contributed by atoms with E-state index in [-0.39, 0.29) is 12.0 Å². The van der Waals surface area contributed by atoms with Gasteiger partial charge in [0.25, 0.3) is 0 Å². The molecule has 1 fully saturated rings. The first-order valence-corrected chi connectivity index (χ1v) is 10.1. The fourth-order valence-corrected chi connectivity index (χ4v) is 3.74. The van der Waals surface area contributed by atoms with E-state index in [0.29, 0.717) is 26.2 Å². The van der Waals surface area contributed by atoms with Crippen LogP contribution in [0.3, 0.4) is 0 Å². The molecule has 6 heteroatoms. The predicted octanol–water partition coefficient (Wildman–Crippen LogP) is 3.36. The molecular formula is C20H26N2O3S. The minimum atomic E-state index is 0.00483. The third kappa shape index (κ3) is 5.90. The molecule has 1 aromatic heterocycles. The van der Waals surface area contributed by atoms with E-state index in [4.69, 9.17) is 9.47 Å². The summed E-state index contributed by atoms with van der Waals surface area (Å²) in [6.45, 7) is 4.85. The van der Waals surface area contributed by atoms with Crippen LogP contribution in [-0.4, -0.2) is 43.4 Å². The number of carbonyl (C=O) groups excluding carboxylic acids is 1. The predicted molar refractivity (Wildman–Crippen MR) is 103 cm³/mol. The van der Waals surface area contributed by atoms with E-state index >= 15 is 0 Å². The van der Waals surface area contributed by atoms with Gasteiger partial charge in [-0.25, -0.2) is 4.98 Å². The SMILES string of the molecule is Cc1cccc(-c2nc(CC(=O)NCCCOCC3CCCO3)cs2)c1. The van der Waals surface area contributed by atoms with Crippen molar-refractivity contribution in [1.82, 2.24) is 10.3 Å². The molecule has 1 atom stereocenters. The van der Waals surface area contributed by atoms with Crippen LogP contribution in [0.25, 0.3) is 10.6 Å². The smallest absolute Gasteiger partial charge is 0.226 e. The number of aromatic nitrogens is 1. The van der Waals surface area contributed by atoms with Crippen LogP contribution in [0.2, 0.25) is 0 Å². The molecule has 26 heavy (non-hydrogen) atoms. The lowest BCUT2D eigenvalue weighted by molar-refractivity contribution is -0.120.